The lowest BCUT2D eigenvalue weighted by molar-refractivity contribution is 0.0899. The van der Waals surface area contributed by atoms with Gasteiger partial charge in [-0.05, 0) is 24.2 Å². The molecule has 0 saturated heterocycles. The van der Waals surface area contributed by atoms with Crippen LogP contribution >= 0.6 is 0 Å². The van der Waals surface area contributed by atoms with Crippen LogP contribution < -0.4 is 0 Å². The van der Waals surface area contributed by atoms with Gasteiger partial charge < -0.3 is 13.9 Å². The summed E-state index contributed by atoms with van der Waals surface area (Å²) in [6, 6.07) is 7.21. The third kappa shape index (κ3) is 3.28. The van der Waals surface area contributed by atoms with Crippen molar-refractivity contribution in [2.75, 3.05) is 6.61 Å². The van der Waals surface area contributed by atoms with Gasteiger partial charge in [0.15, 0.2) is 0 Å². The Morgan fingerprint density at radius 3 is 2.59 bits per heavy atom. The summed E-state index contributed by atoms with van der Waals surface area (Å²) >= 11 is 0. The van der Waals surface area contributed by atoms with Crippen LogP contribution in [0.3, 0.4) is 0 Å². The van der Waals surface area contributed by atoms with Crippen LogP contribution in [0, 0.1) is 0 Å². The molecule has 0 aliphatic carbocycles. The number of hydrogen-bond donors (Lipinski definition) is 0. The molecule has 0 aliphatic rings. The zero-order valence-electron chi connectivity index (χ0n) is 13.4. The van der Waals surface area contributed by atoms with Crippen molar-refractivity contribution in [3.05, 3.63) is 43.1 Å². The van der Waals surface area contributed by atoms with Crippen molar-refractivity contribution >= 4 is 19.1 Å². The maximum Gasteiger partial charge on any atom is 0.149 e. The lowest BCUT2D eigenvalue weighted by atomic mass is 10.4. The molecular weight excluding hydrogens is 292 g/mol. The van der Waals surface area contributed by atoms with E-state index in [4.69, 9.17) is 4.74 Å². The first-order chi connectivity index (χ1) is 10.5. The molecule has 22 heavy (non-hydrogen) atoms. The molecule has 0 radical (unpaired) electrons. The highest BCUT2D eigenvalue weighted by Crippen LogP contribution is 2.20. The van der Waals surface area contributed by atoms with Crippen LogP contribution in [0.2, 0.25) is 25.7 Å². The number of hydrogen-bond acceptors (Lipinski definition) is 3. The molecule has 0 aliphatic heterocycles. The number of ether oxygens (including phenoxy) is 1. The third-order valence-corrected chi connectivity index (χ3v) is 5.31. The van der Waals surface area contributed by atoms with Gasteiger partial charge in [-0.25, -0.2) is 9.97 Å². The molecule has 0 saturated carbocycles. The molecule has 0 spiro atoms. The van der Waals surface area contributed by atoms with Crippen LogP contribution in [0.15, 0.2) is 43.1 Å². The summed E-state index contributed by atoms with van der Waals surface area (Å²) in [7, 11) is -1.04. The monoisotopic (exact) mass is 314 g/mol. The fourth-order valence-electron chi connectivity index (χ4n) is 2.32. The van der Waals surface area contributed by atoms with Gasteiger partial charge in [-0.2, -0.15) is 0 Å². The van der Waals surface area contributed by atoms with Crippen molar-refractivity contribution in [2.45, 2.75) is 32.4 Å². The van der Waals surface area contributed by atoms with E-state index >= 15 is 0 Å². The van der Waals surface area contributed by atoms with E-state index < -0.39 is 8.07 Å². The van der Waals surface area contributed by atoms with Gasteiger partial charge >= 0.3 is 0 Å². The predicted molar refractivity (Wildman–Crippen MR) is 91.0 cm³/mol. The van der Waals surface area contributed by atoms with Crippen LogP contribution in [0.4, 0.5) is 0 Å². The van der Waals surface area contributed by atoms with E-state index in [1.165, 1.54) is 6.04 Å². The summed E-state index contributed by atoms with van der Waals surface area (Å²) in [5.74, 6) is 0.899. The summed E-state index contributed by atoms with van der Waals surface area (Å²) in [5, 5.41) is 1.03. The Bertz CT molecular complexity index is 743. The minimum atomic E-state index is -1.04. The average molecular weight is 314 g/mol. The first-order valence-electron chi connectivity index (χ1n) is 7.55. The minimum Gasteiger partial charge on any atom is -0.361 e. The third-order valence-electron chi connectivity index (χ3n) is 3.61. The van der Waals surface area contributed by atoms with Crippen LogP contribution in [0.5, 0.6) is 0 Å². The lowest BCUT2D eigenvalue weighted by Crippen LogP contribution is -2.22. The van der Waals surface area contributed by atoms with E-state index in [0.717, 1.165) is 23.5 Å². The number of fused-ring (bicyclic) bond motifs is 1. The molecule has 3 aromatic heterocycles. The zero-order valence-corrected chi connectivity index (χ0v) is 14.4. The molecule has 0 aromatic carbocycles. The molecular formula is C16H22N4OSi. The Balaban J connectivity index is 1.77. The van der Waals surface area contributed by atoms with E-state index in [-0.39, 0.29) is 0 Å². The highest BCUT2D eigenvalue weighted by Gasteiger charge is 2.13. The van der Waals surface area contributed by atoms with Gasteiger partial charge in [-0.3, -0.25) is 0 Å². The fourth-order valence-corrected chi connectivity index (χ4v) is 3.07. The number of aromatic nitrogens is 4. The molecule has 116 valence electrons. The van der Waals surface area contributed by atoms with Crippen LogP contribution in [-0.4, -0.2) is 33.8 Å². The summed E-state index contributed by atoms with van der Waals surface area (Å²) in [5.41, 5.74) is 0.909. The van der Waals surface area contributed by atoms with Gasteiger partial charge in [-0.1, -0.05) is 19.6 Å². The van der Waals surface area contributed by atoms with E-state index in [0.29, 0.717) is 6.73 Å². The van der Waals surface area contributed by atoms with Gasteiger partial charge in [0, 0.05) is 33.3 Å². The molecule has 0 fully saturated rings. The largest absolute Gasteiger partial charge is 0.361 e. The van der Waals surface area contributed by atoms with Crippen LogP contribution in [0.25, 0.3) is 16.9 Å². The van der Waals surface area contributed by atoms with Crippen LogP contribution in [0.1, 0.15) is 0 Å². The Hall–Kier alpha value is -1.92. The first kappa shape index (κ1) is 15.0. The second-order valence-electron chi connectivity index (χ2n) is 6.66. The highest BCUT2D eigenvalue weighted by molar-refractivity contribution is 6.76. The number of nitrogens with zero attached hydrogens (tertiary/aromatic N) is 4. The Labute approximate surface area is 131 Å². The fraction of sp³-hybridized carbons (Fsp3) is 0.375. The number of rotatable bonds is 6. The molecule has 0 bridgehead atoms. The second-order valence-corrected chi connectivity index (χ2v) is 12.3. The second kappa shape index (κ2) is 6.06. The smallest absolute Gasteiger partial charge is 0.149 e. The Kier molecular flexibility index (Phi) is 4.13. The van der Waals surface area contributed by atoms with Crippen molar-refractivity contribution < 1.29 is 4.74 Å². The SMILES string of the molecule is C[Si](C)(C)CCOCn1ccc2c(-n3cccc3)ncnc21. The molecule has 3 aromatic rings. The maximum atomic E-state index is 5.82. The molecule has 0 atom stereocenters. The average Bonchev–Trinajstić information content (AvgIpc) is 3.12. The van der Waals surface area contributed by atoms with Crippen molar-refractivity contribution in [1.82, 2.24) is 19.1 Å². The van der Waals surface area contributed by atoms with Gasteiger partial charge in [0.1, 0.15) is 24.5 Å². The minimum absolute atomic E-state index is 0.538. The lowest BCUT2D eigenvalue weighted by Gasteiger charge is -2.15. The van der Waals surface area contributed by atoms with Crippen molar-refractivity contribution in [1.29, 1.82) is 0 Å². The summed E-state index contributed by atoms with van der Waals surface area (Å²) in [4.78, 5) is 8.80. The Morgan fingerprint density at radius 1 is 1.09 bits per heavy atom. The molecule has 0 unspecified atom stereocenters. The molecule has 6 heteroatoms. The van der Waals surface area contributed by atoms with Crippen molar-refractivity contribution in [3.63, 3.8) is 0 Å². The maximum absolute atomic E-state index is 5.82. The summed E-state index contributed by atoms with van der Waals surface area (Å²) in [6.45, 7) is 8.43. The van der Waals surface area contributed by atoms with E-state index in [9.17, 15) is 0 Å². The molecule has 5 nitrogen and oxygen atoms in total. The molecule has 0 amide bonds. The standard InChI is InChI=1S/C16H22N4OSi/c1-22(2,3)11-10-21-13-20-9-6-14-15(17-12-18-16(14)20)19-7-4-5-8-19/h4-9,12H,10-11,13H2,1-3H3. The summed E-state index contributed by atoms with van der Waals surface area (Å²) < 4.78 is 9.86. The van der Waals surface area contributed by atoms with Crippen molar-refractivity contribution in [3.8, 4) is 5.82 Å². The first-order valence-corrected chi connectivity index (χ1v) is 11.3. The van der Waals surface area contributed by atoms with Gasteiger partial charge in [-0.15, -0.1) is 0 Å². The van der Waals surface area contributed by atoms with E-state index in [2.05, 4.69) is 29.6 Å². The van der Waals surface area contributed by atoms with Crippen LogP contribution in [-0.2, 0) is 11.5 Å². The molecule has 3 heterocycles. The highest BCUT2D eigenvalue weighted by atomic mass is 28.3. The molecule has 3 rings (SSSR count). The van der Waals surface area contributed by atoms with Gasteiger partial charge in [0.2, 0.25) is 0 Å². The van der Waals surface area contributed by atoms with Gasteiger partial charge in [0.25, 0.3) is 0 Å². The normalized spacial score (nSPS) is 12.1. The Morgan fingerprint density at radius 2 is 1.86 bits per heavy atom. The van der Waals surface area contributed by atoms with Gasteiger partial charge in [0.05, 0.1) is 5.39 Å². The molecule has 0 N–H and O–H groups in total. The van der Waals surface area contributed by atoms with E-state index in [1.807, 2.05) is 45.9 Å². The van der Waals surface area contributed by atoms with E-state index in [1.54, 1.807) is 6.33 Å². The topological polar surface area (TPSA) is 44.9 Å². The zero-order chi connectivity index (χ0) is 15.6. The quantitative estimate of drug-likeness (QED) is 0.516. The predicted octanol–water partition coefficient (Wildman–Crippen LogP) is 3.53. The van der Waals surface area contributed by atoms with Crippen molar-refractivity contribution in [2.24, 2.45) is 0 Å². The summed E-state index contributed by atoms with van der Waals surface area (Å²) in [6.07, 6.45) is 7.60.